The predicted molar refractivity (Wildman–Crippen MR) is 114 cm³/mol. The lowest BCUT2D eigenvalue weighted by molar-refractivity contribution is 0.0954. The van der Waals surface area contributed by atoms with Crippen LogP contribution < -0.4 is 20.7 Å². The summed E-state index contributed by atoms with van der Waals surface area (Å²) < 4.78 is 18.7. The Balaban J connectivity index is 1.76. The van der Waals surface area contributed by atoms with Crippen molar-refractivity contribution in [1.29, 1.82) is 0 Å². The van der Waals surface area contributed by atoms with E-state index in [1.807, 2.05) is 31.2 Å². The molecule has 6 nitrogen and oxygen atoms in total. The Morgan fingerprint density at radius 2 is 1.79 bits per heavy atom. The van der Waals surface area contributed by atoms with E-state index >= 15 is 0 Å². The van der Waals surface area contributed by atoms with Crippen LogP contribution in [0.25, 0.3) is 0 Å². The molecule has 7 heteroatoms. The number of guanidine groups is 1. The summed E-state index contributed by atoms with van der Waals surface area (Å²) in [6.07, 6.45) is 0.816. The second-order valence-electron chi connectivity index (χ2n) is 6.51. The minimum absolute atomic E-state index is 0.299. The van der Waals surface area contributed by atoms with Gasteiger partial charge in [-0.15, -0.1) is 0 Å². The minimum Gasteiger partial charge on any atom is -0.497 e. The van der Waals surface area contributed by atoms with Crippen molar-refractivity contribution in [2.24, 2.45) is 4.99 Å². The number of carbonyl (C=O) groups excluding carboxylic acids is 1. The number of aryl methyl sites for hydroxylation is 1. The number of nitrogens with zero attached hydrogens (tertiary/aromatic N) is 1. The van der Waals surface area contributed by atoms with Crippen LogP contribution in [-0.2, 0) is 6.42 Å². The molecule has 0 bridgehead atoms. The number of halogens is 1. The summed E-state index contributed by atoms with van der Waals surface area (Å²) in [5.41, 5.74) is 2.01. The predicted octanol–water partition coefficient (Wildman–Crippen LogP) is 2.67. The van der Waals surface area contributed by atoms with Gasteiger partial charge < -0.3 is 20.7 Å². The van der Waals surface area contributed by atoms with Crippen LogP contribution in [0.1, 0.15) is 28.4 Å². The minimum atomic E-state index is -0.380. The van der Waals surface area contributed by atoms with Gasteiger partial charge in [-0.05, 0) is 55.7 Å². The molecule has 0 atom stereocenters. The van der Waals surface area contributed by atoms with Crippen molar-refractivity contribution in [3.63, 3.8) is 0 Å². The Hall–Kier alpha value is -3.09. The number of nitrogens with one attached hydrogen (secondary N) is 3. The molecule has 0 radical (unpaired) electrons. The van der Waals surface area contributed by atoms with Gasteiger partial charge in [0.15, 0.2) is 5.96 Å². The van der Waals surface area contributed by atoms with Crippen LogP contribution in [0.2, 0.25) is 0 Å². The lowest BCUT2D eigenvalue weighted by Crippen LogP contribution is -2.41. The third kappa shape index (κ3) is 7.44. The van der Waals surface area contributed by atoms with Gasteiger partial charge in [0.25, 0.3) is 5.91 Å². The van der Waals surface area contributed by atoms with Gasteiger partial charge in [-0.2, -0.15) is 0 Å². The lowest BCUT2D eigenvalue weighted by atomic mass is 10.1. The third-order valence-electron chi connectivity index (χ3n) is 4.31. The highest BCUT2D eigenvalue weighted by Crippen LogP contribution is 2.11. The maximum absolute atomic E-state index is 13.6. The zero-order chi connectivity index (χ0) is 21.1. The van der Waals surface area contributed by atoms with E-state index in [1.54, 1.807) is 26.2 Å². The Morgan fingerprint density at radius 3 is 2.45 bits per heavy atom. The Kier molecular flexibility index (Phi) is 8.95. The van der Waals surface area contributed by atoms with Crippen LogP contribution in [0, 0.1) is 12.7 Å². The Labute approximate surface area is 171 Å². The summed E-state index contributed by atoms with van der Waals surface area (Å²) in [4.78, 5) is 16.6. The number of methoxy groups -OCH3 is 1. The molecule has 29 heavy (non-hydrogen) atoms. The van der Waals surface area contributed by atoms with Crippen molar-refractivity contribution in [3.05, 3.63) is 65.0 Å². The number of carbonyl (C=O) groups is 1. The SMILES string of the molecule is CCNC(=NCCc1ccc(OC)cc1)NCCNC(=O)c1ccc(C)c(F)c1. The zero-order valence-electron chi connectivity index (χ0n) is 17.2. The molecule has 0 aliphatic rings. The van der Waals surface area contributed by atoms with Crippen molar-refractivity contribution in [3.8, 4) is 5.75 Å². The number of hydrogen-bond donors (Lipinski definition) is 3. The molecule has 0 aliphatic heterocycles. The van der Waals surface area contributed by atoms with Crippen LogP contribution in [0.4, 0.5) is 4.39 Å². The number of ether oxygens (including phenoxy) is 1. The van der Waals surface area contributed by atoms with Gasteiger partial charge in [0.1, 0.15) is 11.6 Å². The summed E-state index contributed by atoms with van der Waals surface area (Å²) in [5, 5.41) is 9.13. The standard InChI is InChI=1S/C22H29FN4O2/c1-4-24-22(26-12-11-17-6-9-19(29-3)10-7-17)27-14-13-25-21(28)18-8-5-16(2)20(23)15-18/h5-10,15H,4,11-14H2,1-3H3,(H,25,28)(H2,24,26,27). The van der Waals surface area contributed by atoms with E-state index in [-0.39, 0.29) is 11.7 Å². The first-order valence-electron chi connectivity index (χ1n) is 9.73. The highest BCUT2D eigenvalue weighted by Gasteiger charge is 2.07. The molecule has 0 unspecified atom stereocenters. The number of aliphatic imine (C=N–C) groups is 1. The fraction of sp³-hybridized carbons (Fsp3) is 0.364. The van der Waals surface area contributed by atoms with Gasteiger partial charge in [-0.3, -0.25) is 9.79 Å². The first kappa shape index (κ1) is 22.2. The second kappa shape index (κ2) is 11.7. The molecule has 156 valence electrons. The molecular weight excluding hydrogens is 371 g/mol. The fourth-order valence-corrected chi connectivity index (χ4v) is 2.62. The van der Waals surface area contributed by atoms with Crippen LogP contribution in [0.5, 0.6) is 5.75 Å². The van der Waals surface area contributed by atoms with Gasteiger partial charge in [-0.25, -0.2) is 4.39 Å². The van der Waals surface area contributed by atoms with Crippen LogP contribution >= 0.6 is 0 Å². The van der Waals surface area contributed by atoms with Gasteiger partial charge in [0.05, 0.1) is 7.11 Å². The maximum atomic E-state index is 13.6. The highest BCUT2D eigenvalue weighted by molar-refractivity contribution is 5.94. The number of benzene rings is 2. The molecule has 0 aliphatic carbocycles. The third-order valence-corrected chi connectivity index (χ3v) is 4.31. The normalized spacial score (nSPS) is 11.1. The van der Waals surface area contributed by atoms with E-state index in [0.717, 1.165) is 18.7 Å². The molecule has 0 aromatic heterocycles. The molecule has 0 heterocycles. The molecule has 0 spiro atoms. The van der Waals surface area contributed by atoms with E-state index in [0.29, 0.717) is 36.7 Å². The summed E-state index contributed by atoms with van der Waals surface area (Å²) >= 11 is 0. The monoisotopic (exact) mass is 400 g/mol. The zero-order valence-corrected chi connectivity index (χ0v) is 17.2. The molecule has 1 amide bonds. The molecule has 2 rings (SSSR count). The van der Waals surface area contributed by atoms with Gasteiger partial charge >= 0.3 is 0 Å². The van der Waals surface area contributed by atoms with Crippen molar-refractivity contribution in [2.75, 3.05) is 33.3 Å². The summed E-state index contributed by atoms with van der Waals surface area (Å²) in [6.45, 7) is 5.94. The van der Waals surface area contributed by atoms with Crippen LogP contribution in [-0.4, -0.2) is 45.2 Å². The molecule has 0 saturated carbocycles. The van der Waals surface area contributed by atoms with Crippen molar-refractivity contribution in [2.45, 2.75) is 20.3 Å². The molecule has 3 N–H and O–H groups in total. The summed E-state index contributed by atoms with van der Waals surface area (Å²) in [5.74, 6) is 0.848. The number of amides is 1. The fourth-order valence-electron chi connectivity index (χ4n) is 2.62. The van der Waals surface area contributed by atoms with Crippen molar-refractivity contribution < 1.29 is 13.9 Å². The summed E-state index contributed by atoms with van der Waals surface area (Å²) in [7, 11) is 1.65. The van der Waals surface area contributed by atoms with Gasteiger partial charge in [0, 0.05) is 31.7 Å². The smallest absolute Gasteiger partial charge is 0.251 e. The van der Waals surface area contributed by atoms with Crippen LogP contribution in [0.15, 0.2) is 47.5 Å². The van der Waals surface area contributed by atoms with Crippen molar-refractivity contribution in [1.82, 2.24) is 16.0 Å². The molecule has 0 fully saturated rings. The van der Waals surface area contributed by atoms with E-state index in [1.165, 1.54) is 11.6 Å². The molecule has 2 aromatic carbocycles. The van der Waals surface area contributed by atoms with E-state index < -0.39 is 0 Å². The molecule has 0 saturated heterocycles. The van der Waals surface area contributed by atoms with E-state index in [9.17, 15) is 9.18 Å². The van der Waals surface area contributed by atoms with Gasteiger partial charge in [0.2, 0.25) is 0 Å². The average Bonchev–Trinajstić information content (AvgIpc) is 2.73. The number of rotatable bonds is 9. The first-order valence-corrected chi connectivity index (χ1v) is 9.73. The largest absolute Gasteiger partial charge is 0.497 e. The topological polar surface area (TPSA) is 74.8 Å². The second-order valence-corrected chi connectivity index (χ2v) is 6.51. The lowest BCUT2D eigenvalue weighted by Gasteiger charge is -2.12. The van der Waals surface area contributed by atoms with Crippen LogP contribution in [0.3, 0.4) is 0 Å². The average molecular weight is 400 g/mol. The van der Waals surface area contributed by atoms with E-state index in [2.05, 4.69) is 20.9 Å². The van der Waals surface area contributed by atoms with E-state index in [4.69, 9.17) is 4.74 Å². The molecular formula is C22H29FN4O2. The molecule has 2 aromatic rings. The van der Waals surface area contributed by atoms with Gasteiger partial charge in [-0.1, -0.05) is 18.2 Å². The van der Waals surface area contributed by atoms with Crippen molar-refractivity contribution >= 4 is 11.9 Å². The first-order chi connectivity index (χ1) is 14.0. The quantitative estimate of drug-likeness (QED) is 0.344. The highest BCUT2D eigenvalue weighted by atomic mass is 19.1. The Morgan fingerprint density at radius 1 is 1.07 bits per heavy atom. The number of hydrogen-bond acceptors (Lipinski definition) is 3. The maximum Gasteiger partial charge on any atom is 0.251 e. The Bertz CT molecular complexity index is 822. The summed E-state index contributed by atoms with van der Waals surface area (Å²) in [6, 6.07) is 12.4.